The summed E-state index contributed by atoms with van der Waals surface area (Å²) in [5, 5.41) is 7.31. The molecule has 118 valence electrons. The summed E-state index contributed by atoms with van der Waals surface area (Å²) in [5.74, 6) is 0. The van der Waals surface area contributed by atoms with Crippen molar-refractivity contribution in [3.05, 3.63) is 29.3 Å². The summed E-state index contributed by atoms with van der Waals surface area (Å²) >= 11 is 5.41. The van der Waals surface area contributed by atoms with E-state index in [-0.39, 0.29) is 10.8 Å². The van der Waals surface area contributed by atoms with E-state index in [0.29, 0.717) is 11.2 Å². The molecule has 0 radical (unpaired) electrons. The first-order valence-electron chi connectivity index (χ1n) is 7.64. The van der Waals surface area contributed by atoms with Crippen LogP contribution in [0.5, 0.6) is 0 Å². The second-order valence-corrected chi connectivity index (χ2v) is 8.42. The lowest BCUT2D eigenvalue weighted by molar-refractivity contribution is 0.578. The second-order valence-electron chi connectivity index (χ2n) is 8.01. The number of nitrogens with one attached hydrogen (secondary N) is 2. The smallest absolute Gasteiger partial charge is 0.170 e. The van der Waals surface area contributed by atoms with Gasteiger partial charge in [-0.25, -0.2) is 0 Å². The maximum Gasteiger partial charge on any atom is 0.170 e. The van der Waals surface area contributed by atoms with E-state index in [1.54, 1.807) is 0 Å². The summed E-state index contributed by atoms with van der Waals surface area (Å²) in [4.78, 5) is 0. The number of hydrogen-bond donors (Lipinski definition) is 2. The lowest BCUT2D eigenvalue weighted by Gasteiger charge is -2.27. The summed E-state index contributed by atoms with van der Waals surface area (Å²) in [6.45, 7) is 17.5. The highest BCUT2D eigenvalue weighted by molar-refractivity contribution is 7.80. The Hall–Kier alpha value is -1.09. The predicted molar refractivity (Wildman–Crippen MR) is 98.3 cm³/mol. The molecule has 1 aromatic carbocycles. The van der Waals surface area contributed by atoms with Crippen molar-refractivity contribution >= 4 is 23.0 Å². The van der Waals surface area contributed by atoms with E-state index < -0.39 is 0 Å². The Labute approximate surface area is 135 Å². The van der Waals surface area contributed by atoms with Gasteiger partial charge in [-0.2, -0.15) is 0 Å². The van der Waals surface area contributed by atoms with Crippen molar-refractivity contribution in [1.82, 2.24) is 5.32 Å². The minimum absolute atomic E-state index is 0.0756. The standard InChI is InChI=1S/C18H30N2S/c1-12(2)19-16(21)20-15-11-13(17(3,4)5)9-10-14(15)18(6,7)8/h9-12H,1-8H3,(H2,19,20,21). The number of thiocarbonyl (C=S) groups is 1. The van der Waals surface area contributed by atoms with Crippen LogP contribution in [0, 0.1) is 0 Å². The van der Waals surface area contributed by atoms with Crippen LogP contribution in [0.4, 0.5) is 5.69 Å². The van der Waals surface area contributed by atoms with Gasteiger partial charge >= 0.3 is 0 Å². The molecule has 0 bridgehead atoms. The number of hydrogen-bond acceptors (Lipinski definition) is 1. The van der Waals surface area contributed by atoms with Crippen LogP contribution in [0.25, 0.3) is 0 Å². The molecular formula is C18H30N2S. The van der Waals surface area contributed by atoms with E-state index in [9.17, 15) is 0 Å². The zero-order valence-corrected chi connectivity index (χ0v) is 15.5. The fourth-order valence-corrected chi connectivity index (χ4v) is 2.53. The molecule has 0 amide bonds. The first-order chi connectivity index (χ1) is 9.41. The zero-order valence-electron chi connectivity index (χ0n) is 14.7. The maximum atomic E-state index is 5.41. The number of rotatable bonds is 2. The third-order valence-electron chi connectivity index (χ3n) is 3.36. The van der Waals surface area contributed by atoms with E-state index >= 15 is 0 Å². The van der Waals surface area contributed by atoms with Gasteiger partial charge in [0.2, 0.25) is 0 Å². The molecule has 0 spiro atoms. The molecule has 0 fully saturated rings. The van der Waals surface area contributed by atoms with Gasteiger partial charge in [0.25, 0.3) is 0 Å². The fraction of sp³-hybridized carbons (Fsp3) is 0.611. The van der Waals surface area contributed by atoms with E-state index in [2.05, 4.69) is 84.2 Å². The van der Waals surface area contributed by atoms with Gasteiger partial charge in [-0.15, -0.1) is 0 Å². The third kappa shape index (κ3) is 5.31. The fourth-order valence-electron chi connectivity index (χ4n) is 2.19. The molecule has 21 heavy (non-hydrogen) atoms. The monoisotopic (exact) mass is 306 g/mol. The largest absolute Gasteiger partial charge is 0.360 e. The number of anilines is 1. The van der Waals surface area contributed by atoms with Gasteiger partial charge in [-0.1, -0.05) is 53.7 Å². The van der Waals surface area contributed by atoms with E-state index in [1.165, 1.54) is 11.1 Å². The Morgan fingerprint density at radius 3 is 2.00 bits per heavy atom. The molecule has 3 heteroatoms. The third-order valence-corrected chi connectivity index (χ3v) is 3.58. The quantitative estimate of drug-likeness (QED) is 0.754. The molecule has 0 saturated carbocycles. The SMILES string of the molecule is CC(C)NC(=S)Nc1cc(C(C)(C)C)ccc1C(C)(C)C. The minimum atomic E-state index is 0.0756. The summed E-state index contributed by atoms with van der Waals surface area (Å²) in [6, 6.07) is 7.01. The van der Waals surface area contributed by atoms with Crippen LogP contribution in [-0.4, -0.2) is 11.2 Å². The Balaban J connectivity index is 3.21. The molecule has 0 saturated heterocycles. The van der Waals surface area contributed by atoms with Crippen LogP contribution in [0.1, 0.15) is 66.5 Å². The van der Waals surface area contributed by atoms with Gasteiger partial charge in [-0.3, -0.25) is 0 Å². The molecular weight excluding hydrogens is 276 g/mol. The lowest BCUT2D eigenvalue weighted by atomic mass is 9.81. The Kier molecular flexibility index (Phi) is 5.43. The lowest BCUT2D eigenvalue weighted by Crippen LogP contribution is -2.34. The molecule has 0 atom stereocenters. The minimum Gasteiger partial charge on any atom is -0.360 e. The molecule has 1 aromatic rings. The van der Waals surface area contributed by atoms with Gasteiger partial charge in [0.15, 0.2) is 5.11 Å². The summed E-state index contributed by atoms with van der Waals surface area (Å²) < 4.78 is 0. The number of benzene rings is 1. The van der Waals surface area contributed by atoms with Crippen LogP contribution >= 0.6 is 12.2 Å². The van der Waals surface area contributed by atoms with Gasteiger partial charge in [0.05, 0.1) is 0 Å². The van der Waals surface area contributed by atoms with Crippen LogP contribution in [0.2, 0.25) is 0 Å². The van der Waals surface area contributed by atoms with Crippen molar-refractivity contribution in [2.75, 3.05) is 5.32 Å². The van der Waals surface area contributed by atoms with E-state index in [4.69, 9.17) is 12.2 Å². The topological polar surface area (TPSA) is 24.1 Å². The van der Waals surface area contributed by atoms with Crippen LogP contribution in [0.3, 0.4) is 0 Å². The molecule has 1 rings (SSSR count). The molecule has 0 aliphatic carbocycles. The van der Waals surface area contributed by atoms with Crippen molar-refractivity contribution in [1.29, 1.82) is 0 Å². The zero-order chi connectivity index (χ0) is 16.4. The molecule has 2 nitrogen and oxygen atoms in total. The highest BCUT2D eigenvalue weighted by Gasteiger charge is 2.22. The summed E-state index contributed by atoms with van der Waals surface area (Å²) in [6.07, 6.45) is 0. The second kappa shape index (κ2) is 6.35. The summed E-state index contributed by atoms with van der Waals surface area (Å²) in [5.41, 5.74) is 3.90. The average molecular weight is 307 g/mol. The molecule has 2 N–H and O–H groups in total. The van der Waals surface area contributed by atoms with Crippen molar-refractivity contribution in [3.63, 3.8) is 0 Å². The molecule has 0 heterocycles. The van der Waals surface area contributed by atoms with Crippen LogP contribution < -0.4 is 10.6 Å². The van der Waals surface area contributed by atoms with Gasteiger partial charge in [0.1, 0.15) is 0 Å². The van der Waals surface area contributed by atoms with Crippen molar-refractivity contribution in [3.8, 4) is 0 Å². The highest BCUT2D eigenvalue weighted by Crippen LogP contribution is 2.33. The van der Waals surface area contributed by atoms with E-state index in [1.807, 2.05) is 0 Å². The van der Waals surface area contributed by atoms with Gasteiger partial charge in [0, 0.05) is 11.7 Å². The van der Waals surface area contributed by atoms with Crippen molar-refractivity contribution < 1.29 is 0 Å². The molecule has 0 aliphatic rings. The first-order valence-corrected chi connectivity index (χ1v) is 8.04. The van der Waals surface area contributed by atoms with Crippen LogP contribution in [-0.2, 0) is 10.8 Å². The molecule has 0 aromatic heterocycles. The average Bonchev–Trinajstić information content (AvgIpc) is 2.24. The highest BCUT2D eigenvalue weighted by atomic mass is 32.1. The first kappa shape index (κ1) is 18.0. The van der Waals surface area contributed by atoms with Gasteiger partial charge < -0.3 is 10.6 Å². The van der Waals surface area contributed by atoms with Crippen molar-refractivity contribution in [2.45, 2.75) is 72.3 Å². The Morgan fingerprint density at radius 1 is 1.00 bits per heavy atom. The van der Waals surface area contributed by atoms with Crippen LogP contribution in [0.15, 0.2) is 18.2 Å². The maximum absolute atomic E-state index is 5.41. The normalized spacial score (nSPS) is 12.4. The Morgan fingerprint density at radius 2 is 1.57 bits per heavy atom. The van der Waals surface area contributed by atoms with Crippen molar-refractivity contribution in [2.24, 2.45) is 0 Å². The Bertz CT molecular complexity index is 505. The predicted octanol–water partition coefficient (Wildman–Crippen LogP) is 4.98. The molecule has 0 unspecified atom stereocenters. The van der Waals surface area contributed by atoms with E-state index in [0.717, 1.165) is 5.69 Å². The van der Waals surface area contributed by atoms with Gasteiger partial charge in [-0.05, 0) is 54.1 Å². The summed E-state index contributed by atoms with van der Waals surface area (Å²) in [7, 11) is 0. The molecule has 0 aliphatic heterocycles.